The van der Waals surface area contributed by atoms with E-state index in [1.807, 2.05) is 6.92 Å². The Balaban J connectivity index is 2.06. The van der Waals surface area contributed by atoms with Crippen LogP contribution >= 0.6 is 0 Å². The van der Waals surface area contributed by atoms with Gasteiger partial charge in [0.15, 0.2) is 17.5 Å². The van der Waals surface area contributed by atoms with Gasteiger partial charge in [-0.05, 0) is 48.4 Å². The number of aliphatic imine (C=N–C) groups is 1. The second-order valence-corrected chi connectivity index (χ2v) is 6.52. The number of aryl methyl sites for hydroxylation is 1. The Morgan fingerprint density at radius 3 is 2.50 bits per heavy atom. The van der Waals surface area contributed by atoms with Crippen molar-refractivity contribution in [3.8, 4) is 5.75 Å². The zero-order valence-electron chi connectivity index (χ0n) is 16.5. The first-order valence-corrected chi connectivity index (χ1v) is 8.91. The number of benzene rings is 2. The highest BCUT2D eigenvalue weighted by molar-refractivity contribution is 5.78. The number of aromatic nitrogens is 2. The molecule has 2 aromatic carbocycles. The normalized spacial score (nSPS) is 11.1. The smallest absolute Gasteiger partial charge is 0.283 e. The van der Waals surface area contributed by atoms with Crippen molar-refractivity contribution in [3.05, 3.63) is 81.0 Å². The molecule has 0 spiro atoms. The lowest BCUT2D eigenvalue weighted by molar-refractivity contribution is 0.414. The maximum absolute atomic E-state index is 13.6. The summed E-state index contributed by atoms with van der Waals surface area (Å²) < 4.78 is 47.2. The fourth-order valence-corrected chi connectivity index (χ4v) is 2.88. The third-order valence-electron chi connectivity index (χ3n) is 4.37. The van der Waals surface area contributed by atoms with Crippen molar-refractivity contribution in [2.75, 3.05) is 19.5 Å². The molecule has 0 aliphatic rings. The second kappa shape index (κ2) is 8.81. The molecule has 0 aliphatic heterocycles. The highest BCUT2D eigenvalue weighted by Crippen LogP contribution is 2.24. The van der Waals surface area contributed by atoms with Gasteiger partial charge in [-0.1, -0.05) is 0 Å². The molecule has 0 saturated carbocycles. The van der Waals surface area contributed by atoms with Crippen LogP contribution in [0.1, 0.15) is 16.7 Å². The van der Waals surface area contributed by atoms with Crippen molar-refractivity contribution in [2.45, 2.75) is 13.5 Å². The predicted molar refractivity (Wildman–Crippen MR) is 108 cm³/mol. The van der Waals surface area contributed by atoms with Gasteiger partial charge in [0.1, 0.15) is 5.75 Å². The van der Waals surface area contributed by atoms with Crippen molar-refractivity contribution in [2.24, 2.45) is 4.99 Å². The molecule has 1 N–H and O–H groups in total. The zero-order valence-corrected chi connectivity index (χ0v) is 16.5. The van der Waals surface area contributed by atoms with Gasteiger partial charge in [0.2, 0.25) is 5.95 Å². The van der Waals surface area contributed by atoms with Crippen molar-refractivity contribution < 1.29 is 17.9 Å². The predicted octanol–water partition coefficient (Wildman–Crippen LogP) is 3.82. The van der Waals surface area contributed by atoms with Crippen molar-refractivity contribution >= 4 is 17.9 Å². The Hall–Kier alpha value is -3.62. The van der Waals surface area contributed by atoms with E-state index in [-0.39, 0.29) is 23.6 Å². The van der Waals surface area contributed by atoms with E-state index in [4.69, 9.17) is 4.74 Å². The van der Waals surface area contributed by atoms with Crippen LogP contribution in [0.2, 0.25) is 0 Å². The van der Waals surface area contributed by atoms with Crippen LogP contribution in [-0.4, -0.2) is 29.9 Å². The first-order valence-electron chi connectivity index (χ1n) is 8.91. The van der Waals surface area contributed by atoms with Crippen LogP contribution in [0.3, 0.4) is 0 Å². The van der Waals surface area contributed by atoms with E-state index in [9.17, 15) is 18.0 Å². The van der Waals surface area contributed by atoms with E-state index in [2.05, 4.69) is 15.3 Å². The average molecular weight is 416 g/mol. The maximum Gasteiger partial charge on any atom is 0.283 e. The van der Waals surface area contributed by atoms with Gasteiger partial charge < -0.3 is 14.6 Å². The SMILES string of the molecule is C/N=C/c1cn(Cc2cc(F)c(F)c(F)c2)c(Nc2ccc(OC)cc2C)nc1=O. The monoisotopic (exact) mass is 416 g/mol. The Kier molecular flexibility index (Phi) is 6.20. The number of methoxy groups -OCH3 is 1. The largest absolute Gasteiger partial charge is 0.497 e. The van der Waals surface area contributed by atoms with E-state index in [0.29, 0.717) is 11.4 Å². The summed E-state index contributed by atoms with van der Waals surface area (Å²) in [6.45, 7) is 1.78. The fourth-order valence-electron chi connectivity index (χ4n) is 2.88. The van der Waals surface area contributed by atoms with Crippen LogP contribution in [0.4, 0.5) is 24.8 Å². The standard InChI is InChI=1S/C21H19F3N4O2/c1-12-6-15(30-3)4-5-18(12)26-21-27-20(29)14(9-25-2)11-28(21)10-13-7-16(22)19(24)17(23)8-13/h4-9,11H,10H2,1-3H3,(H,26,27,29)/b25-9+. The van der Waals surface area contributed by atoms with Gasteiger partial charge in [-0.25, -0.2) is 13.2 Å². The zero-order chi connectivity index (χ0) is 21.8. The summed E-state index contributed by atoms with van der Waals surface area (Å²) in [6, 6.07) is 7.08. The topological polar surface area (TPSA) is 68.5 Å². The summed E-state index contributed by atoms with van der Waals surface area (Å²) >= 11 is 0. The third-order valence-corrected chi connectivity index (χ3v) is 4.37. The van der Waals surface area contributed by atoms with Gasteiger partial charge in [-0.2, -0.15) is 4.98 Å². The Morgan fingerprint density at radius 2 is 1.90 bits per heavy atom. The molecule has 0 unspecified atom stereocenters. The van der Waals surface area contributed by atoms with E-state index < -0.39 is 23.0 Å². The van der Waals surface area contributed by atoms with Crippen LogP contribution in [-0.2, 0) is 6.54 Å². The van der Waals surface area contributed by atoms with E-state index in [0.717, 1.165) is 17.7 Å². The van der Waals surface area contributed by atoms with Gasteiger partial charge in [-0.15, -0.1) is 0 Å². The summed E-state index contributed by atoms with van der Waals surface area (Å²) in [4.78, 5) is 20.2. The number of ether oxygens (including phenoxy) is 1. The molecule has 1 heterocycles. The Bertz CT molecular complexity index is 1150. The molecule has 0 radical (unpaired) electrons. The van der Waals surface area contributed by atoms with Gasteiger partial charge >= 0.3 is 0 Å². The Labute approximate surface area is 170 Å². The number of hydrogen-bond donors (Lipinski definition) is 1. The molecule has 6 nitrogen and oxygen atoms in total. The van der Waals surface area contributed by atoms with Crippen LogP contribution in [0.5, 0.6) is 5.75 Å². The maximum atomic E-state index is 13.6. The quantitative estimate of drug-likeness (QED) is 0.490. The van der Waals surface area contributed by atoms with Crippen LogP contribution in [0.15, 0.2) is 46.3 Å². The van der Waals surface area contributed by atoms with E-state index >= 15 is 0 Å². The molecule has 9 heteroatoms. The molecule has 3 aromatic rings. The van der Waals surface area contributed by atoms with Gasteiger partial charge in [0, 0.05) is 25.1 Å². The minimum absolute atomic E-state index is 0.0660. The molecule has 0 saturated heterocycles. The molecule has 0 bridgehead atoms. The lowest BCUT2D eigenvalue weighted by Gasteiger charge is -2.16. The molecular weight excluding hydrogens is 397 g/mol. The molecule has 1 aromatic heterocycles. The minimum atomic E-state index is -1.54. The molecule has 156 valence electrons. The number of hydrogen-bond acceptors (Lipinski definition) is 5. The highest BCUT2D eigenvalue weighted by atomic mass is 19.2. The summed E-state index contributed by atoms with van der Waals surface area (Å²) in [5, 5.41) is 3.05. The third kappa shape index (κ3) is 4.51. The molecule has 0 fully saturated rings. The summed E-state index contributed by atoms with van der Waals surface area (Å²) in [6.07, 6.45) is 2.79. The summed E-state index contributed by atoms with van der Waals surface area (Å²) in [5.74, 6) is -3.32. The second-order valence-electron chi connectivity index (χ2n) is 6.52. The molecule has 3 rings (SSSR count). The minimum Gasteiger partial charge on any atom is -0.497 e. The van der Waals surface area contributed by atoms with Crippen molar-refractivity contribution in [3.63, 3.8) is 0 Å². The fraction of sp³-hybridized carbons (Fsp3) is 0.190. The molecular formula is C21H19F3N4O2. The number of nitrogens with zero attached hydrogens (tertiary/aromatic N) is 3. The molecule has 0 amide bonds. The van der Waals surface area contributed by atoms with E-state index in [1.165, 1.54) is 24.0 Å². The van der Waals surface area contributed by atoms with Gasteiger partial charge in [-0.3, -0.25) is 9.79 Å². The highest BCUT2D eigenvalue weighted by Gasteiger charge is 2.14. The van der Waals surface area contributed by atoms with Gasteiger partial charge in [0.05, 0.1) is 19.2 Å². The van der Waals surface area contributed by atoms with Crippen molar-refractivity contribution in [1.29, 1.82) is 0 Å². The summed E-state index contributed by atoms with van der Waals surface area (Å²) in [5.41, 5.74) is 1.31. The number of halogens is 3. The van der Waals surface area contributed by atoms with Crippen LogP contribution < -0.4 is 15.6 Å². The molecule has 30 heavy (non-hydrogen) atoms. The molecule has 0 aliphatic carbocycles. The Morgan fingerprint density at radius 1 is 1.20 bits per heavy atom. The number of nitrogens with one attached hydrogen (secondary N) is 1. The number of anilines is 2. The van der Waals surface area contributed by atoms with E-state index in [1.54, 1.807) is 25.3 Å². The first kappa shape index (κ1) is 21.1. The summed E-state index contributed by atoms with van der Waals surface area (Å²) in [7, 11) is 3.05. The first-order chi connectivity index (χ1) is 14.3. The number of rotatable bonds is 6. The van der Waals surface area contributed by atoms with Gasteiger partial charge in [0.25, 0.3) is 5.56 Å². The van der Waals surface area contributed by atoms with Crippen LogP contribution in [0.25, 0.3) is 0 Å². The lowest BCUT2D eigenvalue weighted by atomic mass is 10.2. The molecule has 0 atom stereocenters. The van der Waals surface area contributed by atoms with Crippen LogP contribution in [0, 0.1) is 24.4 Å². The lowest BCUT2D eigenvalue weighted by Crippen LogP contribution is -2.21. The van der Waals surface area contributed by atoms with Crippen molar-refractivity contribution in [1.82, 2.24) is 9.55 Å². The average Bonchev–Trinajstić information content (AvgIpc) is 2.71.